The predicted molar refractivity (Wildman–Crippen MR) is 51.9 cm³/mol. The van der Waals surface area contributed by atoms with Gasteiger partial charge in [0.2, 0.25) is 0 Å². The first-order valence-corrected chi connectivity index (χ1v) is 5.24. The molecule has 0 aromatic carbocycles. The Balaban J connectivity index is 2.09. The third-order valence-corrected chi connectivity index (χ3v) is 3.83. The average Bonchev–Trinajstić information content (AvgIpc) is 2.54. The molecule has 2 fully saturated rings. The van der Waals surface area contributed by atoms with Crippen LogP contribution in [0.15, 0.2) is 12.2 Å². The van der Waals surface area contributed by atoms with Crippen LogP contribution < -0.4 is 0 Å². The molecule has 2 bridgehead atoms. The topological polar surface area (TPSA) is 29.5 Å². The van der Waals surface area contributed by atoms with Crippen LogP contribution in [-0.2, 0) is 4.74 Å². The summed E-state index contributed by atoms with van der Waals surface area (Å²) in [6.45, 7) is 4.24. The molecule has 0 N–H and O–H groups in total. The Labute approximate surface area is 83.7 Å². The number of hydrogen-bond acceptors (Lipinski definition) is 2. The van der Waals surface area contributed by atoms with Gasteiger partial charge in [0.1, 0.15) is 6.10 Å². The molecule has 2 atom stereocenters. The minimum Gasteiger partial charge on any atom is -0.442 e. The van der Waals surface area contributed by atoms with E-state index in [0.717, 1.165) is 19.3 Å². The third-order valence-electron chi connectivity index (χ3n) is 3.83. The van der Waals surface area contributed by atoms with Crippen LogP contribution in [0.5, 0.6) is 0 Å². The van der Waals surface area contributed by atoms with Gasteiger partial charge in [-0.05, 0) is 32.8 Å². The molecule has 2 heterocycles. The van der Waals surface area contributed by atoms with Crippen LogP contribution in [0.4, 0.5) is 4.79 Å². The van der Waals surface area contributed by atoms with Gasteiger partial charge < -0.3 is 4.74 Å². The maximum Gasteiger partial charge on any atom is 0.411 e. The zero-order valence-corrected chi connectivity index (χ0v) is 8.62. The Morgan fingerprint density at radius 2 is 2.29 bits per heavy atom. The molecule has 3 rings (SSSR count). The fourth-order valence-electron chi connectivity index (χ4n) is 3.16. The van der Waals surface area contributed by atoms with Crippen LogP contribution in [0.3, 0.4) is 0 Å². The van der Waals surface area contributed by atoms with E-state index in [4.69, 9.17) is 4.74 Å². The largest absolute Gasteiger partial charge is 0.442 e. The van der Waals surface area contributed by atoms with Gasteiger partial charge in [-0.2, -0.15) is 0 Å². The molecule has 3 aliphatic rings. The highest BCUT2D eigenvalue weighted by Gasteiger charge is 2.58. The number of carbonyl (C=O) groups is 1. The lowest BCUT2D eigenvalue weighted by Crippen LogP contribution is -2.57. The van der Waals surface area contributed by atoms with Crippen molar-refractivity contribution in [2.24, 2.45) is 0 Å². The first-order valence-electron chi connectivity index (χ1n) is 5.24. The summed E-state index contributed by atoms with van der Waals surface area (Å²) in [5.41, 5.74) is -0.0553. The van der Waals surface area contributed by atoms with Crippen LogP contribution in [0.1, 0.15) is 33.1 Å². The van der Waals surface area contributed by atoms with Gasteiger partial charge in [0.05, 0.1) is 5.54 Å². The van der Waals surface area contributed by atoms with Crippen molar-refractivity contribution in [3.8, 4) is 0 Å². The summed E-state index contributed by atoms with van der Waals surface area (Å²) >= 11 is 0. The lowest BCUT2D eigenvalue weighted by Gasteiger charge is -2.44. The van der Waals surface area contributed by atoms with E-state index in [1.54, 1.807) is 0 Å². The second kappa shape index (κ2) is 2.15. The fourth-order valence-corrected chi connectivity index (χ4v) is 3.16. The number of ether oxygens (including phenoxy) is 1. The van der Waals surface area contributed by atoms with E-state index in [1.807, 2.05) is 11.0 Å². The fraction of sp³-hybridized carbons (Fsp3) is 0.727. The number of nitrogens with zero attached hydrogens (tertiary/aromatic N) is 1. The van der Waals surface area contributed by atoms with Crippen molar-refractivity contribution < 1.29 is 9.53 Å². The minimum atomic E-state index is -0.131. The summed E-state index contributed by atoms with van der Waals surface area (Å²) in [6.07, 6.45) is 7.24. The van der Waals surface area contributed by atoms with Crippen molar-refractivity contribution in [2.75, 3.05) is 0 Å². The van der Waals surface area contributed by atoms with Gasteiger partial charge in [-0.25, -0.2) is 4.79 Å². The minimum absolute atomic E-state index is 0.0104. The van der Waals surface area contributed by atoms with Crippen LogP contribution in [0, 0.1) is 0 Å². The highest BCUT2D eigenvalue weighted by Crippen LogP contribution is 2.50. The standard InChI is InChI=1S/C11H15NO2/c1-10(2)5-6-11-4-3-8(7-11)14-9(13)12(10)11/h3-4,8H,5-7H2,1-2H3/t8-,11-/m1/s1. The third kappa shape index (κ3) is 0.805. The van der Waals surface area contributed by atoms with Crippen LogP contribution in [-0.4, -0.2) is 28.2 Å². The molecule has 2 saturated heterocycles. The summed E-state index contributed by atoms with van der Waals surface area (Å²) in [7, 11) is 0. The van der Waals surface area contributed by atoms with Crippen LogP contribution >= 0.6 is 0 Å². The Morgan fingerprint density at radius 3 is 3.07 bits per heavy atom. The lowest BCUT2D eigenvalue weighted by atomic mass is 9.94. The van der Waals surface area contributed by atoms with E-state index in [-0.39, 0.29) is 23.3 Å². The molecule has 3 heteroatoms. The molecule has 1 spiro atoms. The smallest absolute Gasteiger partial charge is 0.411 e. The molecule has 3 nitrogen and oxygen atoms in total. The van der Waals surface area contributed by atoms with E-state index in [0.29, 0.717) is 0 Å². The zero-order chi connectivity index (χ0) is 9.97. The number of hydrogen-bond donors (Lipinski definition) is 0. The SMILES string of the molecule is CC1(C)CC[C@]23C=C[C@H](C2)OC(=O)N13. The molecular formula is C11H15NO2. The molecule has 0 radical (unpaired) electrons. The Bertz CT molecular complexity index is 334. The highest BCUT2D eigenvalue weighted by atomic mass is 16.6. The Morgan fingerprint density at radius 1 is 1.50 bits per heavy atom. The maximum atomic E-state index is 11.8. The van der Waals surface area contributed by atoms with Crippen molar-refractivity contribution in [1.82, 2.24) is 4.90 Å². The molecule has 2 aliphatic heterocycles. The van der Waals surface area contributed by atoms with E-state index >= 15 is 0 Å². The average molecular weight is 193 g/mol. The second-order valence-electron chi connectivity index (χ2n) is 5.24. The second-order valence-corrected chi connectivity index (χ2v) is 5.24. The summed E-state index contributed by atoms with van der Waals surface area (Å²) < 4.78 is 5.32. The van der Waals surface area contributed by atoms with Gasteiger partial charge in [-0.1, -0.05) is 6.08 Å². The van der Waals surface area contributed by atoms with Crippen molar-refractivity contribution >= 4 is 6.09 Å². The number of rotatable bonds is 0. The monoisotopic (exact) mass is 193 g/mol. The van der Waals surface area contributed by atoms with Gasteiger partial charge in [0.15, 0.2) is 0 Å². The first kappa shape index (κ1) is 8.33. The first-order chi connectivity index (χ1) is 6.54. The molecule has 0 aromatic heterocycles. The molecule has 0 aromatic rings. The van der Waals surface area contributed by atoms with Crippen molar-refractivity contribution in [1.29, 1.82) is 0 Å². The van der Waals surface area contributed by atoms with Gasteiger partial charge in [-0.15, -0.1) is 0 Å². The van der Waals surface area contributed by atoms with Crippen molar-refractivity contribution in [3.05, 3.63) is 12.2 Å². The van der Waals surface area contributed by atoms with E-state index in [1.165, 1.54) is 0 Å². The van der Waals surface area contributed by atoms with E-state index in [9.17, 15) is 4.79 Å². The lowest BCUT2D eigenvalue weighted by molar-refractivity contribution is -0.0102. The van der Waals surface area contributed by atoms with Crippen molar-refractivity contribution in [3.63, 3.8) is 0 Å². The summed E-state index contributed by atoms with van der Waals surface area (Å²) in [5, 5.41) is 0. The normalized spacial score (nSPS) is 42.6. The predicted octanol–water partition coefficient (Wildman–Crippen LogP) is 2.08. The zero-order valence-electron chi connectivity index (χ0n) is 8.62. The highest BCUT2D eigenvalue weighted by molar-refractivity contribution is 5.73. The number of amides is 1. The summed E-state index contributed by atoms with van der Waals surface area (Å²) in [5.74, 6) is 0. The molecule has 14 heavy (non-hydrogen) atoms. The number of fused-ring (bicyclic) bond motifs is 1. The summed E-state index contributed by atoms with van der Waals surface area (Å²) in [4.78, 5) is 13.8. The Hall–Kier alpha value is -0.990. The van der Waals surface area contributed by atoms with E-state index < -0.39 is 0 Å². The molecule has 0 saturated carbocycles. The quantitative estimate of drug-likeness (QED) is 0.551. The van der Waals surface area contributed by atoms with Crippen LogP contribution in [0.25, 0.3) is 0 Å². The van der Waals surface area contributed by atoms with Gasteiger partial charge in [0, 0.05) is 12.0 Å². The molecule has 0 unspecified atom stereocenters. The van der Waals surface area contributed by atoms with Gasteiger partial charge in [-0.3, -0.25) is 4.90 Å². The van der Waals surface area contributed by atoms with E-state index in [2.05, 4.69) is 19.9 Å². The number of carbonyl (C=O) groups excluding carboxylic acids is 1. The molecular weight excluding hydrogens is 178 g/mol. The van der Waals surface area contributed by atoms with Gasteiger partial charge >= 0.3 is 6.09 Å². The Kier molecular flexibility index (Phi) is 1.28. The summed E-state index contributed by atoms with van der Waals surface area (Å²) in [6, 6.07) is 0. The molecule has 76 valence electrons. The van der Waals surface area contributed by atoms with Crippen molar-refractivity contribution in [2.45, 2.75) is 50.3 Å². The maximum absolute atomic E-state index is 11.8. The molecule has 1 aliphatic carbocycles. The van der Waals surface area contributed by atoms with Gasteiger partial charge in [0.25, 0.3) is 0 Å². The molecule has 1 amide bonds. The van der Waals surface area contributed by atoms with Crippen LogP contribution in [0.2, 0.25) is 0 Å².